The second-order valence-corrected chi connectivity index (χ2v) is 4.78. The fraction of sp³-hybridized carbons (Fsp3) is 0.312. The van der Waals surface area contributed by atoms with Gasteiger partial charge in [-0.3, -0.25) is 0 Å². The van der Waals surface area contributed by atoms with Gasteiger partial charge in [-0.2, -0.15) is 4.98 Å². The minimum atomic E-state index is 0.587. The predicted molar refractivity (Wildman–Crippen MR) is 83.2 cm³/mol. The Morgan fingerprint density at radius 1 is 1.15 bits per heavy atom. The average molecular weight is 271 g/mol. The SMILES string of the molecule is COc1ccc(N)c(N(C)CCCc2ccccc2)n1. The van der Waals surface area contributed by atoms with Crippen LogP contribution in [0.5, 0.6) is 5.88 Å². The number of benzene rings is 1. The van der Waals surface area contributed by atoms with Gasteiger partial charge in [0, 0.05) is 19.7 Å². The fourth-order valence-electron chi connectivity index (χ4n) is 2.13. The molecule has 2 rings (SSSR count). The van der Waals surface area contributed by atoms with Crippen molar-refractivity contribution in [2.45, 2.75) is 12.8 Å². The maximum absolute atomic E-state index is 5.97. The lowest BCUT2D eigenvalue weighted by Crippen LogP contribution is -2.21. The zero-order valence-corrected chi connectivity index (χ0v) is 12.0. The summed E-state index contributed by atoms with van der Waals surface area (Å²) in [6, 6.07) is 14.1. The van der Waals surface area contributed by atoms with Crippen LogP contribution in [0.15, 0.2) is 42.5 Å². The Morgan fingerprint density at radius 2 is 1.90 bits per heavy atom. The first-order chi connectivity index (χ1) is 9.70. The molecule has 1 aromatic heterocycles. The van der Waals surface area contributed by atoms with Crippen molar-refractivity contribution < 1.29 is 4.74 Å². The number of pyridine rings is 1. The van der Waals surface area contributed by atoms with Crippen LogP contribution in [-0.2, 0) is 6.42 Å². The highest BCUT2D eigenvalue weighted by Crippen LogP contribution is 2.22. The molecule has 1 aromatic carbocycles. The standard InChI is InChI=1S/C16H21N3O/c1-19(12-6-9-13-7-4-3-5-8-13)16-14(17)10-11-15(18-16)20-2/h3-5,7-8,10-11H,6,9,12,17H2,1-2H3. The van der Waals surface area contributed by atoms with Crippen LogP contribution in [0, 0.1) is 0 Å². The lowest BCUT2D eigenvalue weighted by molar-refractivity contribution is 0.398. The van der Waals surface area contributed by atoms with E-state index in [2.05, 4.69) is 34.1 Å². The molecule has 4 nitrogen and oxygen atoms in total. The summed E-state index contributed by atoms with van der Waals surface area (Å²) in [7, 11) is 3.61. The quantitative estimate of drug-likeness (QED) is 0.877. The molecular weight excluding hydrogens is 250 g/mol. The topological polar surface area (TPSA) is 51.4 Å². The maximum atomic E-state index is 5.97. The van der Waals surface area contributed by atoms with E-state index >= 15 is 0 Å². The molecule has 2 N–H and O–H groups in total. The molecule has 0 saturated heterocycles. The minimum absolute atomic E-state index is 0.587. The molecule has 0 fully saturated rings. The summed E-state index contributed by atoms with van der Waals surface area (Å²) >= 11 is 0. The summed E-state index contributed by atoms with van der Waals surface area (Å²) in [5.74, 6) is 1.36. The molecule has 0 aliphatic heterocycles. The second kappa shape index (κ2) is 6.80. The number of hydrogen-bond acceptors (Lipinski definition) is 4. The molecule has 2 aromatic rings. The van der Waals surface area contributed by atoms with Crippen LogP contribution in [0.3, 0.4) is 0 Å². The Morgan fingerprint density at radius 3 is 2.60 bits per heavy atom. The van der Waals surface area contributed by atoms with Crippen molar-refractivity contribution in [2.24, 2.45) is 0 Å². The number of aromatic nitrogens is 1. The van der Waals surface area contributed by atoms with E-state index in [1.807, 2.05) is 19.2 Å². The Balaban J connectivity index is 1.93. The minimum Gasteiger partial charge on any atom is -0.481 e. The Labute approximate surface area is 120 Å². The molecule has 0 aliphatic rings. The van der Waals surface area contributed by atoms with Crippen LogP contribution < -0.4 is 15.4 Å². The number of rotatable bonds is 6. The lowest BCUT2D eigenvalue weighted by atomic mass is 10.1. The van der Waals surface area contributed by atoms with Crippen LogP contribution >= 0.6 is 0 Å². The van der Waals surface area contributed by atoms with Crippen LogP contribution in [0.25, 0.3) is 0 Å². The zero-order chi connectivity index (χ0) is 14.4. The van der Waals surface area contributed by atoms with E-state index in [1.54, 1.807) is 13.2 Å². The van der Waals surface area contributed by atoms with Gasteiger partial charge in [-0.25, -0.2) is 0 Å². The largest absolute Gasteiger partial charge is 0.481 e. The van der Waals surface area contributed by atoms with Gasteiger partial charge < -0.3 is 15.4 Å². The van der Waals surface area contributed by atoms with E-state index in [4.69, 9.17) is 10.5 Å². The maximum Gasteiger partial charge on any atom is 0.215 e. The molecule has 1 heterocycles. The first kappa shape index (κ1) is 14.2. The van der Waals surface area contributed by atoms with Crippen molar-refractivity contribution in [3.63, 3.8) is 0 Å². The van der Waals surface area contributed by atoms with E-state index in [1.165, 1.54) is 5.56 Å². The molecule has 0 saturated carbocycles. The number of anilines is 2. The van der Waals surface area contributed by atoms with E-state index < -0.39 is 0 Å². The molecule has 0 aliphatic carbocycles. The molecule has 106 valence electrons. The van der Waals surface area contributed by atoms with Crippen molar-refractivity contribution in [3.8, 4) is 5.88 Å². The number of hydrogen-bond donors (Lipinski definition) is 1. The molecule has 0 unspecified atom stereocenters. The van der Waals surface area contributed by atoms with Gasteiger partial charge in [0.1, 0.15) is 0 Å². The van der Waals surface area contributed by atoms with E-state index in [0.717, 1.165) is 25.2 Å². The number of aryl methyl sites for hydroxylation is 1. The summed E-state index contributed by atoms with van der Waals surface area (Å²) in [5, 5.41) is 0. The van der Waals surface area contributed by atoms with Gasteiger partial charge in [-0.05, 0) is 24.5 Å². The average Bonchev–Trinajstić information content (AvgIpc) is 2.48. The van der Waals surface area contributed by atoms with E-state index in [0.29, 0.717) is 11.6 Å². The highest BCUT2D eigenvalue weighted by Gasteiger charge is 2.08. The second-order valence-electron chi connectivity index (χ2n) is 4.78. The Kier molecular flexibility index (Phi) is 4.82. The molecule has 0 radical (unpaired) electrons. The summed E-state index contributed by atoms with van der Waals surface area (Å²) in [5.41, 5.74) is 8.00. The van der Waals surface area contributed by atoms with Gasteiger partial charge >= 0.3 is 0 Å². The van der Waals surface area contributed by atoms with Crippen LogP contribution in [0.2, 0.25) is 0 Å². The highest BCUT2D eigenvalue weighted by molar-refractivity contribution is 5.63. The lowest BCUT2D eigenvalue weighted by Gasteiger charge is -2.20. The first-order valence-electron chi connectivity index (χ1n) is 6.76. The summed E-state index contributed by atoms with van der Waals surface area (Å²) in [6.07, 6.45) is 2.11. The Bertz CT molecular complexity index is 543. The molecule has 0 amide bonds. The molecule has 4 heteroatoms. The predicted octanol–water partition coefficient (Wildman–Crippen LogP) is 2.74. The normalized spacial score (nSPS) is 10.3. The third-order valence-corrected chi connectivity index (χ3v) is 3.25. The number of nitrogens with zero attached hydrogens (tertiary/aromatic N) is 2. The molecule has 0 spiro atoms. The van der Waals surface area contributed by atoms with Crippen molar-refractivity contribution in [3.05, 3.63) is 48.0 Å². The van der Waals surface area contributed by atoms with Crippen molar-refractivity contribution in [1.29, 1.82) is 0 Å². The zero-order valence-electron chi connectivity index (χ0n) is 12.0. The van der Waals surface area contributed by atoms with Gasteiger partial charge in [0.05, 0.1) is 12.8 Å². The summed E-state index contributed by atoms with van der Waals surface area (Å²) < 4.78 is 5.14. The van der Waals surface area contributed by atoms with Gasteiger partial charge in [-0.15, -0.1) is 0 Å². The molecule has 0 atom stereocenters. The number of methoxy groups -OCH3 is 1. The van der Waals surface area contributed by atoms with Crippen molar-refractivity contribution >= 4 is 11.5 Å². The van der Waals surface area contributed by atoms with E-state index in [-0.39, 0.29) is 0 Å². The monoisotopic (exact) mass is 271 g/mol. The van der Waals surface area contributed by atoms with Crippen LogP contribution in [0.4, 0.5) is 11.5 Å². The number of nitrogen functional groups attached to an aromatic ring is 1. The highest BCUT2D eigenvalue weighted by atomic mass is 16.5. The van der Waals surface area contributed by atoms with Gasteiger partial charge in [0.15, 0.2) is 5.82 Å². The number of nitrogens with two attached hydrogens (primary N) is 1. The third kappa shape index (κ3) is 3.63. The fourth-order valence-corrected chi connectivity index (χ4v) is 2.13. The van der Waals surface area contributed by atoms with E-state index in [9.17, 15) is 0 Å². The smallest absolute Gasteiger partial charge is 0.215 e. The first-order valence-corrected chi connectivity index (χ1v) is 6.76. The van der Waals surface area contributed by atoms with Crippen molar-refractivity contribution in [2.75, 3.05) is 31.3 Å². The van der Waals surface area contributed by atoms with Crippen molar-refractivity contribution in [1.82, 2.24) is 4.98 Å². The molecule has 0 bridgehead atoms. The molecular formula is C16H21N3O. The van der Waals surface area contributed by atoms with Gasteiger partial charge in [0.25, 0.3) is 0 Å². The number of ether oxygens (including phenoxy) is 1. The summed E-state index contributed by atoms with van der Waals surface area (Å²) in [6.45, 7) is 0.902. The summed E-state index contributed by atoms with van der Waals surface area (Å²) in [4.78, 5) is 6.47. The van der Waals surface area contributed by atoms with Crippen LogP contribution in [0.1, 0.15) is 12.0 Å². The van der Waals surface area contributed by atoms with Gasteiger partial charge in [-0.1, -0.05) is 30.3 Å². The van der Waals surface area contributed by atoms with Crippen LogP contribution in [-0.4, -0.2) is 25.7 Å². The van der Waals surface area contributed by atoms with Gasteiger partial charge in [0.2, 0.25) is 5.88 Å². The Hall–Kier alpha value is -2.23. The third-order valence-electron chi connectivity index (χ3n) is 3.25. The molecule has 20 heavy (non-hydrogen) atoms.